The molecule has 2 heterocycles. The van der Waals surface area contributed by atoms with E-state index in [9.17, 15) is 4.79 Å². The van der Waals surface area contributed by atoms with Crippen LogP contribution in [0.1, 0.15) is 0 Å². The molecule has 0 aromatic carbocycles. The monoisotopic (exact) mass is 158 g/mol. The maximum atomic E-state index is 11.2. The van der Waals surface area contributed by atoms with Gasteiger partial charge in [0.2, 0.25) is 0 Å². The lowest BCUT2D eigenvalue weighted by Crippen LogP contribution is -2.07. The van der Waals surface area contributed by atoms with E-state index in [0.29, 0.717) is 5.56 Å². The van der Waals surface area contributed by atoms with Gasteiger partial charge in [-0.1, -0.05) is 6.07 Å². The van der Waals surface area contributed by atoms with Crippen molar-refractivity contribution in [1.29, 1.82) is 0 Å². The van der Waals surface area contributed by atoms with Crippen LogP contribution in [0.4, 0.5) is 0 Å². The van der Waals surface area contributed by atoms with Crippen molar-refractivity contribution < 1.29 is 0 Å². The Morgan fingerprint density at radius 1 is 1.17 bits per heavy atom. The third-order valence-electron chi connectivity index (χ3n) is 1.64. The molecule has 2 rings (SSSR count). The van der Waals surface area contributed by atoms with Gasteiger partial charge in [-0.25, -0.2) is 4.98 Å². The second kappa shape index (κ2) is 2.70. The molecule has 0 saturated heterocycles. The van der Waals surface area contributed by atoms with Crippen LogP contribution in [0.15, 0.2) is 41.6 Å². The second-order valence-electron chi connectivity index (χ2n) is 2.41. The van der Waals surface area contributed by atoms with Crippen molar-refractivity contribution in [3.05, 3.63) is 47.1 Å². The van der Waals surface area contributed by atoms with E-state index in [1.165, 1.54) is 12.4 Å². The van der Waals surface area contributed by atoms with Crippen molar-refractivity contribution in [3.63, 3.8) is 0 Å². The number of hydrogen-bond acceptors (Lipinski definition) is 3. The zero-order valence-electron chi connectivity index (χ0n) is 6.27. The SMILES string of the molecule is O=c1nccc2cccncc1-2. The lowest BCUT2D eigenvalue weighted by atomic mass is 10.1. The predicted octanol–water partition coefficient (Wildman–Crippen LogP) is 0.942. The van der Waals surface area contributed by atoms with Gasteiger partial charge in [-0.2, -0.15) is 0 Å². The Labute approximate surface area is 69.1 Å². The number of pyridine rings is 1. The second-order valence-corrected chi connectivity index (χ2v) is 2.41. The molecular formula is C9H6N2O. The molecule has 3 nitrogen and oxygen atoms in total. The number of nitrogens with zero attached hydrogens (tertiary/aromatic N) is 2. The number of fused-ring (bicyclic) bond motifs is 1. The molecule has 0 bridgehead atoms. The van der Waals surface area contributed by atoms with Crippen LogP contribution in [0.25, 0.3) is 11.1 Å². The first-order valence-corrected chi connectivity index (χ1v) is 3.57. The van der Waals surface area contributed by atoms with Gasteiger partial charge in [-0.15, -0.1) is 0 Å². The summed E-state index contributed by atoms with van der Waals surface area (Å²) in [5.41, 5.74) is 1.20. The summed E-state index contributed by atoms with van der Waals surface area (Å²) in [5, 5.41) is 0. The maximum absolute atomic E-state index is 11.2. The molecule has 0 aromatic heterocycles. The molecule has 0 saturated carbocycles. The van der Waals surface area contributed by atoms with E-state index in [4.69, 9.17) is 0 Å². The largest absolute Gasteiger partial charge is 0.279 e. The van der Waals surface area contributed by atoms with Crippen molar-refractivity contribution in [3.8, 4) is 11.1 Å². The molecule has 3 heteroatoms. The molecule has 0 amide bonds. The molecule has 0 fully saturated rings. The zero-order chi connectivity index (χ0) is 8.39. The van der Waals surface area contributed by atoms with Gasteiger partial charge in [-0.3, -0.25) is 9.78 Å². The van der Waals surface area contributed by atoms with Gasteiger partial charge >= 0.3 is 0 Å². The summed E-state index contributed by atoms with van der Waals surface area (Å²) in [4.78, 5) is 18.7. The van der Waals surface area contributed by atoms with E-state index in [0.717, 1.165) is 5.56 Å². The Balaban J connectivity index is 2.88. The summed E-state index contributed by atoms with van der Waals surface area (Å²) in [7, 11) is 0. The number of rotatable bonds is 0. The smallest absolute Gasteiger partial charge is 0.267 e. The first kappa shape index (κ1) is 6.91. The Bertz CT molecular complexity index is 428. The number of aromatic nitrogens is 2. The van der Waals surface area contributed by atoms with E-state index in [2.05, 4.69) is 9.97 Å². The molecule has 0 radical (unpaired) electrons. The highest BCUT2D eigenvalue weighted by Gasteiger charge is 2.02. The molecule has 2 aliphatic rings. The van der Waals surface area contributed by atoms with Crippen molar-refractivity contribution in [1.82, 2.24) is 9.97 Å². The van der Waals surface area contributed by atoms with Gasteiger partial charge in [-0.05, 0) is 17.7 Å². The molecule has 12 heavy (non-hydrogen) atoms. The van der Waals surface area contributed by atoms with E-state index in [-0.39, 0.29) is 5.56 Å². The fourth-order valence-corrected chi connectivity index (χ4v) is 1.06. The van der Waals surface area contributed by atoms with Crippen LogP contribution in [0.3, 0.4) is 0 Å². The van der Waals surface area contributed by atoms with Crippen molar-refractivity contribution in [2.75, 3.05) is 0 Å². The summed E-state index contributed by atoms with van der Waals surface area (Å²) in [5.74, 6) is 0. The maximum Gasteiger partial charge on any atom is 0.279 e. The van der Waals surface area contributed by atoms with Gasteiger partial charge < -0.3 is 0 Å². The molecular weight excluding hydrogens is 152 g/mol. The molecule has 0 aliphatic carbocycles. The van der Waals surface area contributed by atoms with Gasteiger partial charge in [0.1, 0.15) is 0 Å². The Morgan fingerprint density at radius 2 is 2.08 bits per heavy atom. The lowest BCUT2D eigenvalue weighted by Gasteiger charge is -1.93. The molecule has 2 aliphatic heterocycles. The predicted molar refractivity (Wildman–Crippen MR) is 44.9 cm³/mol. The van der Waals surface area contributed by atoms with E-state index in [1.807, 2.05) is 6.07 Å². The quantitative estimate of drug-likeness (QED) is 0.573. The van der Waals surface area contributed by atoms with Crippen LogP contribution in [-0.2, 0) is 0 Å². The van der Waals surface area contributed by atoms with Crippen LogP contribution in [0, 0.1) is 0 Å². The highest BCUT2D eigenvalue weighted by atomic mass is 16.1. The summed E-state index contributed by atoms with van der Waals surface area (Å²) in [6, 6.07) is 5.42. The average Bonchev–Trinajstić information content (AvgIpc) is 2.30. The van der Waals surface area contributed by atoms with Crippen molar-refractivity contribution >= 4 is 0 Å². The third-order valence-corrected chi connectivity index (χ3v) is 1.64. The first-order chi connectivity index (χ1) is 5.88. The molecule has 0 atom stereocenters. The van der Waals surface area contributed by atoms with Crippen LogP contribution in [0.5, 0.6) is 0 Å². The molecule has 58 valence electrons. The van der Waals surface area contributed by atoms with Crippen LogP contribution in [0.2, 0.25) is 0 Å². The first-order valence-electron chi connectivity index (χ1n) is 3.57. The molecule has 0 aromatic rings. The van der Waals surface area contributed by atoms with Crippen molar-refractivity contribution in [2.24, 2.45) is 0 Å². The van der Waals surface area contributed by atoms with Gasteiger partial charge in [0.15, 0.2) is 0 Å². The van der Waals surface area contributed by atoms with Crippen molar-refractivity contribution in [2.45, 2.75) is 0 Å². The summed E-state index contributed by atoms with van der Waals surface area (Å²) in [6.07, 6.45) is 4.68. The topological polar surface area (TPSA) is 42.9 Å². The van der Waals surface area contributed by atoms with Gasteiger partial charge in [0.25, 0.3) is 5.56 Å². The fraction of sp³-hybridized carbons (Fsp3) is 0. The normalized spacial score (nSPS) is 10.0. The van der Waals surface area contributed by atoms with Gasteiger partial charge in [0.05, 0.1) is 5.56 Å². The van der Waals surface area contributed by atoms with Crippen LogP contribution in [-0.4, -0.2) is 9.97 Å². The third kappa shape index (κ3) is 1.05. The minimum atomic E-state index is -0.226. The van der Waals surface area contributed by atoms with Crippen LogP contribution < -0.4 is 5.56 Å². The molecule has 0 N–H and O–H groups in total. The summed E-state index contributed by atoms with van der Waals surface area (Å²) in [6.45, 7) is 0. The summed E-state index contributed by atoms with van der Waals surface area (Å²) < 4.78 is 0. The molecule has 0 spiro atoms. The Hall–Kier alpha value is -1.77. The highest BCUT2D eigenvalue weighted by Crippen LogP contribution is 2.11. The Morgan fingerprint density at radius 3 is 3.00 bits per heavy atom. The standard InChI is InChI=1S/C9H6N2O/c12-9-8-6-10-4-1-2-7(8)3-5-11-9/h1-6H. The van der Waals surface area contributed by atoms with E-state index < -0.39 is 0 Å². The van der Waals surface area contributed by atoms with Crippen LogP contribution >= 0.6 is 0 Å². The zero-order valence-corrected chi connectivity index (χ0v) is 6.27. The number of hydrogen-bond donors (Lipinski definition) is 0. The molecule has 0 unspecified atom stereocenters. The minimum absolute atomic E-state index is 0.226. The highest BCUT2D eigenvalue weighted by molar-refractivity contribution is 5.60. The minimum Gasteiger partial charge on any atom is -0.267 e. The Kier molecular flexibility index (Phi) is 1.55. The van der Waals surface area contributed by atoms with Gasteiger partial charge in [0, 0.05) is 18.6 Å². The average molecular weight is 158 g/mol. The van der Waals surface area contributed by atoms with E-state index >= 15 is 0 Å². The summed E-state index contributed by atoms with van der Waals surface area (Å²) >= 11 is 0. The van der Waals surface area contributed by atoms with E-state index in [1.54, 1.807) is 18.3 Å². The lowest BCUT2D eigenvalue weighted by molar-refractivity contribution is 1.23. The fourth-order valence-electron chi connectivity index (χ4n) is 1.06.